The lowest BCUT2D eigenvalue weighted by molar-refractivity contribution is -0.153. The second-order valence-corrected chi connectivity index (χ2v) is 4.06. The molecule has 0 fully saturated rings. The van der Waals surface area contributed by atoms with E-state index in [1.54, 1.807) is 18.2 Å². The monoisotopic (exact) mass is 209 g/mol. The predicted molar refractivity (Wildman–Crippen MR) is 62.3 cm³/mol. The van der Waals surface area contributed by atoms with Gasteiger partial charge in [-0.05, 0) is 26.8 Å². The molecule has 3 nitrogen and oxygen atoms in total. The number of hydrogen-bond acceptors (Lipinski definition) is 3. The third kappa shape index (κ3) is 8.81. The Morgan fingerprint density at radius 1 is 1.47 bits per heavy atom. The lowest BCUT2D eigenvalue weighted by Gasteiger charge is -2.19. The number of rotatable bonds is 5. The Morgan fingerprint density at radius 3 is 2.53 bits per heavy atom. The zero-order valence-electron chi connectivity index (χ0n) is 9.67. The van der Waals surface area contributed by atoms with Crippen LogP contribution in [0.5, 0.6) is 0 Å². The fourth-order valence-corrected chi connectivity index (χ4v) is 0.806. The summed E-state index contributed by atoms with van der Waals surface area (Å²) in [5.41, 5.74) is 0.206. The Hall–Kier alpha value is -1.51. The normalized spacial score (nSPS) is 11.1. The Morgan fingerprint density at radius 2 is 2.07 bits per heavy atom. The Kier molecular flexibility index (Phi) is 5.45. The first-order valence-corrected chi connectivity index (χ1v) is 4.79. The molecule has 0 rings (SSSR count). The molecule has 0 amide bonds. The van der Waals surface area contributed by atoms with E-state index in [1.165, 1.54) is 0 Å². The molecule has 0 atom stereocenters. The molecule has 0 aliphatic rings. The summed E-state index contributed by atoms with van der Waals surface area (Å²) in [5.74, 6) is -0.296. The van der Waals surface area contributed by atoms with E-state index in [0.717, 1.165) is 0 Å². The van der Waals surface area contributed by atoms with E-state index >= 15 is 0 Å². The molecule has 0 saturated heterocycles. The van der Waals surface area contributed by atoms with Crippen LogP contribution in [0.3, 0.4) is 0 Å². The topological polar surface area (TPSA) is 38.3 Å². The van der Waals surface area contributed by atoms with E-state index in [2.05, 4.69) is 18.5 Å². The fourth-order valence-electron chi connectivity index (χ4n) is 0.806. The van der Waals surface area contributed by atoms with Gasteiger partial charge in [0.05, 0.1) is 0 Å². The zero-order valence-corrected chi connectivity index (χ0v) is 9.67. The van der Waals surface area contributed by atoms with Crippen LogP contribution in [0.1, 0.15) is 20.8 Å². The Balaban J connectivity index is 3.86. The van der Waals surface area contributed by atoms with Gasteiger partial charge in [0, 0.05) is 5.70 Å². The summed E-state index contributed by atoms with van der Waals surface area (Å²) >= 11 is 0. The van der Waals surface area contributed by atoms with Gasteiger partial charge in [-0.25, -0.2) is 0 Å². The van der Waals surface area contributed by atoms with E-state index in [1.807, 2.05) is 20.8 Å². The lowest BCUT2D eigenvalue weighted by atomic mass is 10.2. The van der Waals surface area contributed by atoms with E-state index in [9.17, 15) is 4.79 Å². The summed E-state index contributed by atoms with van der Waals surface area (Å²) in [4.78, 5) is 11.3. The maximum absolute atomic E-state index is 11.3. The second-order valence-electron chi connectivity index (χ2n) is 4.06. The molecule has 84 valence electrons. The van der Waals surface area contributed by atoms with Crippen molar-refractivity contribution in [3.05, 3.63) is 37.1 Å². The number of hydrogen-bond donors (Lipinski definition) is 1. The lowest BCUT2D eigenvalue weighted by Crippen LogP contribution is -2.30. The molecule has 0 aliphatic heterocycles. The third-order valence-electron chi connectivity index (χ3n) is 1.31. The first-order valence-electron chi connectivity index (χ1n) is 4.79. The van der Waals surface area contributed by atoms with E-state index in [-0.39, 0.29) is 12.5 Å². The molecule has 0 heterocycles. The van der Waals surface area contributed by atoms with Crippen LogP contribution in [0.15, 0.2) is 37.1 Å². The quantitative estimate of drug-likeness (QED) is 0.557. The largest absolute Gasteiger partial charge is 0.459 e. The fraction of sp³-hybridized carbons (Fsp3) is 0.417. The summed E-state index contributed by atoms with van der Waals surface area (Å²) in [6.45, 7) is 12.9. The molecule has 0 unspecified atom stereocenters. The number of nitrogens with one attached hydrogen (secondary N) is 1. The highest BCUT2D eigenvalue weighted by Gasteiger charge is 2.15. The van der Waals surface area contributed by atoms with Crippen molar-refractivity contribution in [3.63, 3.8) is 0 Å². The Bertz CT molecular complexity index is 272. The number of ether oxygens (including phenoxy) is 1. The first-order chi connectivity index (χ1) is 6.85. The summed E-state index contributed by atoms with van der Waals surface area (Å²) in [7, 11) is 0. The molecule has 0 aromatic rings. The van der Waals surface area contributed by atoms with Gasteiger partial charge < -0.3 is 10.1 Å². The highest BCUT2D eigenvalue weighted by atomic mass is 16.6. The maximum Gasteiger partial charge on any atom is 0.325 e. The first kappa shape index (κ1) is 13.5. The van der Waals surface area contributed by atoms with Crippen LogP contribution in [0, 0.1) is 0 Å². The second kappa shape index (κ2) is 6.06. The van der Waals surface area contributed by atoms with Crippen molar-refractivity contribution in [2.24, 2.45) is 0 Å². The van der Waals surface area contributed by atoms with Crippen molar-refractivity contribution in [2.75, 3.05) is 6.54 Å². The SMILES string of the molecule is C=C/C=C\C(=C)NCC(=O)OC(C)(C)C. The number of carbonyl (C=O) groups excluding carboxylic acids is 1. The van der Waals surface area contributed by atoms with Crippen LogP contribution < -0.4 is 5.32 Å². The van der Waals surface area contributed by atoms with Crippen LogP contribution in [0.25, 0.3) is 0 Å². The van der Waals surface area contributed by atoms with Gasteiger partial charge in [0.2, 0.25) is 0 Å². The summed E-state index contributed by atoms with van der Waals surface area (Å²) in [5, 5.41) is 2.84. The highest BCUT2D eigenvalue weighted by Crippen LogP contribution is 2.06. The molecular weight excluding hydrogens is 190 g/mol. The minimum Gasteiger partial charge on any atom is -0.459 e. The minimum absolute atomic E-state index is 0.123. The average molecular weight is 209 g/mol. The van der Waals surface area contributed by atoms with Gasteiger partial charge in [0.25, 0.3) is 0 Å². The minimum atomic E-state index is -0.447. The van der Waals surface area contributed by atoms with Crippen molar-refractivity contribution in [1.82, 2.24) is 5.32 Å². The van der Waals surface area contributed by atoms with Crippen molar-refractivity contribution in [1.29, 1.82) is 0 Å². The van der Waals surface area contributed by atoms with Crippen LogP contribution in [-0.4, -0.2) is 18.1 Å². The number of allylic oxidation sites excluding steroid dienone is 3. The van der Waals surface area contributed by atoms with Crippen LogP contribution in [0.4, 0.5) is 0 Å². The molecule has 15 heavy (non-hydrogen) atoms. The van der Waals surface area contributed by atoms with Crippen LogP contribution in [-0.2, 0) is 9.53 Å². The highest BCUT2D eigenvalue weighted by molar-refractivity contribution is 5.72. The molecule has 1 N–H and O–H groups in total. The molecule has 0 spiro atoms. The molecule has 0 aliphatic carbocycles. The Labute approximate surface area is 91.5 Å². The number of esters is 1. The molecule has 0 radical (unpaired) electrons. The molecule has 0 aromatic heterocycles. The van der Waals surface area contributed by atoms with Gasteiger partial charge in [-0.3, -0.25) is 4.79 Å². The summed E-state index contributed by atoms with van der Waals surface area (Å²) in [6.07, 6.45) is 5.11. The van der Waals surface area contributed by atoms with Gasteiger partial charge in [-0.1, -0.05) is 25.3 Å². The van der Waals surface area contributed by atoms with Gasteiger partial charge >= 0.3 is 5.97 Å². The standard InChI is InChI=1S/C12H19NO2/c1-6-7-8-10(2)13-9-11(14)15-12(3,4)5/h6-8,13H,1-2,9H2,3-5H3/b8-7-. The molecule has 0 bridgehead atoms. The van der Waals surface area contributed by atoms with Crippen LogP contribution in [0.2, 0.25) is 0 Å². The average Bonchev–Trinajstić information content (AvgIpc) is 2.08. The molecular formula is C12H19NO2. The molecule has 3 heteroatoms. The maximum atomic E-state index is 11.3. The molecule has 0 aromatic carbocycles. The third-order valence-corrected chi connectivity index (χ3v) is 1.31. The molecule has 0 saturated carbocycles. The van der Waals surface area contributed by atoms with Crippen molar-refractivity contribution in [3.8, 4) is 0 Å². The van der Waals surface area contributed by atoms with Crippen molar-refractivity contribution in [2.45, 2.75) is 26.4 Å². The van der Waals surface area contributed by atoms with Crippen molar-refractivity contribution >= 4 is 5.97 Å². The summed E-state index contributed by atoms with van der Waals surface area (Å²) in [6, 6.07) is 0. The van der Waals surface area contributed by atoms with E-state index < -0.39 is 5.60 Å². The van der Waals surface area contributed by atoms with Gasteiger partial charge in [-0.15, -0.1) is 0 Å². The number of carbonyl (C=O) groups is 1. The summed E-state index contributed by atoms with van der Waals surface area (Å²) < 4.78 is 5.11. The van der Waals surface area contributed by atoms with Gasteiger partial charge in [0.15, 0.2) is 0 Å². The van der Waals surface area contributed by atoms with Gasteiger partial charge in [-0.2, -0.15) is 0 Å². The smallest absolute Gasteiger partial charge is 0.325 e. The van der Waals surface area contributed by atoms with Crippen LogP contribution >= 0.6 is 0 Å². The van der Waals surface area contributed by atoms with Crippen molar-refractivity contribution < 1.29 is 9.53 Å². The van der Waals surface area contributed by atoms with E-state index in [0.29, 0.717) is 5.70 Å². The predicted octanol–water partition coefficient (Wildman–Crippen LogP) is 2.17. The zero-order chi connectivity index (χ0) is 11.9. The van der Waals surface area contributed by atoms with Gasteiger partial charge in [0.1, 0.15) is 12.1 Å². The van der Waals surface area contributed by atoms with E-state index in [4.69, 9.17) is 4.74 Å².